The van der Waals surface area contributed by atoms with E-state index in [2.05, 4.69) is 29.4 Å². The second kappa shape index (κ2) is 9.21. The molecule has 2 aromatic rings. The fraction of sp³-hybridized carbons (Fsp3) is 0.393. The van der Waals surface area contributed by atoms with Crippen molar-refractivity contribution < 1.29 is 14.3 Å². The number of aromatic amines is 1. The maximum Gasteiger partial charge on any atom is 0.410 e. The molecule has 1 fully saturated rings. The van der Waals surface area contributed by atoms with Crippen molar-refractivity contribution in [2.24, 2.45) is 5.92 Å². The van der Waals surface area contributed by atoms with Crippen molar-refractivity contribution >= 4 is 12.0 Å². The maximum atomic E-state index is 13.8. The van der Waals surface area contributed by atoms with Gasteiger partial charge in [0, 0.05) is 29.8 Å². The molecule has 0 spiro atoms. The third-order valence-electron chi connectivity index (χ3n) is 7.45. The summed E-state index contributed by atoms with van der Waals surface area (Å²) in [5.74, 6) is -0.0823. The van der Waals surface area contributed by atoms with Gasteiger partial charge in [0.15, 0.2) is 0 Å². The lowest BCUT2D eigenvalue weighted by molar-refractivity contribution is -0.127. The summed E-state index contributed by atoms with van der Waals surface area (Å²) in [5.41, 5.74) is 4.14. The number of ether oxygens (including phenoxy) is 1. The Morgan fingerprint density at radius 2 is 2.03 bits per heavy atom. The predicted octanol–water partition coefficient (Wildman–Crippen LogP) is 3.96. The zero-order valence-corrected chi connectivity index (χ0v) is 20.2. The normalized spacial score (nSPS) is 26.2. The summed E-state index contributed by atoms with van der Waals surface area (Å²) in [4.78, 5) is 43.3. The molecule has 1 aromatic heterocycles. The van der Waals surface area contributed by atoms with Crippen LogP contribution in [0.4, 0.5) is 4.79 Å². The Balaban J connectivity index is 1.41. The number of benzene rings is 1. The highest BCUT2D eigenvalue weighted by atomic mass is 16.6. The Kier molecular flexibility index (Phi) is 6.09. The molecule has 3 unspecified atom stereocenters. The first-order valence-corrected chi connectivity index (χ1v) is 12.3. The van der Waals surface area contributed by atoms with Crippen molar-refractivity contribution in [1.82, 2.24) is 15.2 Å². The van der Waals surface area contributed by atoms with Gasteiger partial charge < -0.3 is 15.0 Å². The number of pyridine rings is 1. The van der Waals surface area contributed by atoms with Crippen molar-refractivity contribution in [1.29, 1.82) is 0 Å². The monoisotopic (exact) mass is 473 g/mol. The van der Waals surface area contributed by atoms with Crippen LogP contribution in [-0.4, -0.2) is 34.5 Å². The number of aromatic nitrogens is 1. The molecule has 5 rings (SSSR count). The van der Waals surface area contributed by atoms with Gasteiger partial charge in [-0.15, -0.1) is 0 Å². The van der Waals surface area contributed by atoms with E-state index in [1.807, 2.05) is 43.3 Å². The quantitative estimate of drug-likeness (QED) is 0.658. The second-order valence-electron chi connectivity index (χ2n) is 9.75. The zero-order chi connectivity index (χ0) is 24.6. The van der Waals surface area contributed by atoms with Crippen LogP contribution in [0, 0.1) is 5.92 Å². The average molecular weight is 474 g/mol. The largest absolute Gasteiger partial charge is 0.445 e. The van der Waals surface area contributed by atoms with Crippen molar-refractivity contribution in [2.75, 3.05) is 6.54 Å². The summed E-state index contributed by atoms with van der Waals surface area (Å²) in [6.45, 7) is 4.74. The summed E-state index contributed by atoms with van der Waals surface area (Å²) in [6, 6.07) is 12.3. The van der Waals surface area contributed by atoms with Crippen LogP contribution in [0.2, 0.25) is 0 Å². The lowest BCUT2D eigenvalue weighted by Crippen LogP contribution is -2.57. The number of nitrogens with zero attached hydrogens (tertiary/aromatic N) is 1. The maximum absolute atomic E-state index is 13.8. The van der Waals surface area contributed by atoms with Crippen LogP contribution in [0.1, 0.15) is 49.9 Å². The van der Waals surface area contributed by atoms with E-state index in [-0.39, 0.29) is 24.0 Å². The van der Waals surface area contributed by atoms with Crippen LogP contribution in [-0.2, 0) is 28.1 Å². The molecule has 2 bridgehead atoms. The minimum Gasteiger partial charge on any atom is -0.445 e. The van der Waals surface area contributed by atoms with Crippen LogP contribution in [0.15, 0.2) is 70.6 Å². The molecule has 7 nitrogen and oxygen atoms in total. The smallest absolute Gasteiger partial charge is 0.410 e. The average Bonchev–Trinajstić information content (AvgIpc) is 3.33. The van der Waals surface area contributed by atoms with E-state index in [0.29, 0.717) is 25.8 Å². The molecule has 182 valence electrons. The molecule has 2 N–H and O–H groups in total. The zero-order valence-electron chi connectivity index (χ0n) is 20.2. The standard InChI is InChI=1S/C28H31N3O4/c1-3-21-20-14-18(2)16-28(21,22-11-12-25(32)29-23(22)15-20)30-26(33)24-10-7-13-31(24)27(34)35-17-19-8-5-4-6-9-19/h3-6,8-9,11-12,14,20,24H,7,10,13,15-17H2,1-2H3,(H,29,32)(H,30,33)/b21-3+. The third kappa shape index (κ3) is 4.20. The van der Waals surface area contributed by atoms with Crippen LogP contribution in [0.5, 0.6) is 0 Å². The third-order valence-corrected chi connectivity index (χ3v) is 7.45. The van der Waals surface area contributed by atoms with Gasteiger partial charge in [-0.3, -0.25) is 14.5 Å². The van der Waals surface area contributed by atoms with Crippen molar-refractivity contribution in [3.63, 3.8) is 0 Å². The van der Waals surface area contributed by atoms with Gasteiger partial charge in [0.2, 0.25) is 11.5 Å². The summed E-state index contributed by atoms with van der Waals surface area (Å²) >= 11 is 0. The van der Waals surface area contributed by atoms with Crippen LogP contribution in [0.3, 0.4) is 0 Å². The molecule has 0 radical (unpaired) electrons. The Bertz CT molecular complexity index is 1260. The second-order valence-corrected chi connectivity index (χ2v) is 9.75. The number of hydrogen-bond acceptors (Lipinski definition) is 4. The van der Waals surface area contributed by atoms with E-state index in [1.54, 1.807) is 4.90 Å². The van der Waals surface area contributed by atoms with Crippen LogP contribution >= 0.6 is 0 Å². The van der Waals surface area contributed by atoms with E-state index < -0.39 is 17.7 Å². The number of H-pyrrole nitrogens is 1. The van der Waals surface area contributed by atoms with Crippen molar-refractivity contribution in [2.45, 2.75) is 57.7 Å². The molecule has 0 saturated carbocycles. The minimum atomic E-state index is -0.741. The number of likely N-dealkylation sites (tertiary alicyclic amines) is 1. The van der Waals surface area contributed by atoms with Crippen LogP contribution in [0.25, 0.3) is 0 Å². The van der Waals surface area contributed by atoms with Gasteiger partial charge in [-0.25, -0.2) is 4.79 Å². The number of carbonyl (C=O) groups excluding carboxylic acids is 2. The van der Waals surface area contributed by atoms with E-state index in [0.717, 1.165) is 28.8 Å². The Labute approximate surface area is 204 Å². The number of rotatable bonds is 4. The summed E-state index contributed by atoms with van der Waals surface area (Å²) in [7, 11) is 0. The summed E-state index contributed by atoms with van der Waals surface area (Å²) in [5, 5.41) is 3.35. The molecular weight excluding hydrogens is 442 g/mol. The number of nitrogens with one attached hydrogen (secondary N) is 2. The molecule has 7 heteroatoms. The Morgan fingerprint density at radius 1 is 1.23 bits per heavy atom. The molecule has 3 aliphatic rings. The molecule has 2 amide bonds. The minimum absolute atomic E-state index is 0.107. The summed E-state index contributed by atoms with van der Waals surface area (Å²) < 4.78 is 5.54. The lowest BCUT2D eigenvalue weighted by Gasteiger charge is -2.48. The Hall–Kier alpha value is -3.61. The van der Waals surface area contributed by atoms with Gasteiger partial charge in [-0.2, -0.15) is 0 Å². The van der Waals surface area contributed by atoms with Gasteiger partial charge in [0.1, 0.15) is 12.6 Å². The molecular formula is C28H31N3O4. The fourth-order valence-electron chi connectivity index (χ4n) is 6.04. The van der Waals surface area contributed by atoms with Crippen LogP contribution < -0.4 is 10.9 Å². The number of carbonyl (C=O) groups is 2. The fourth-order valence-corrected chi connectivity index (χ4v) is 6.04. The molecule has 1 aliphatic heterocycles. The van der Waals surface area contributed by atoms with Gasteiger partial charge >= 0.3 is 6.09 Å². The highest BCUT2D eigenvalue weighted by molar-refractivity contribution is 5.87. The molecule has 1 aromatic carbocycles. The van der Waals surface area contributed by atoms with E-state index >= 15 is 0 Å². The van der Waals surface area contributed by atoms with Crippen molar-refractivity contribution in [3.05, 3.63) is 92.9 Å². The highest BCUT2D eigenvalue weighted by Crippen LogP contribution is 2.49. The van der Waals surface area contributed by atoms with Crippen molar-refractivity contribution in [3.8, 4) is 0 Å². The number of hydrogen-bond donors (Lipinski definition) is 2. The first kappa shape index (κ1) is 23.1. The molecule has 35 heavy (non-hydrogen) atoms. The first-order valence-electron chi connectivity index (χ1n) is 12.3. The number of fused-ring (bicyclic) bond motifs is 4. The topological polar surface area (TPSA) is 91.5 Å². The van der Waals surface area contributed by atoms with Gasteiger partial charge in [0.25, 0.3) is 0 Å². The first-order chi connectivity index (χ1) is 16.9. The molecule has 2 aliphatic carbocycles. The number of allylic oxidation sites excluding steroid dienone is 2. The lowest BCUT2D eigenvalue weighted by atomic mass is 9.63. The van der Waals surface area contributed by atoms with E-state index in [1.165, 1.54) is 11.6 Å². The number of amides is 2. The molecule has 1 saturated heterocycles. The van der Waals surface area contributed by atoms with E-state index in [9.17, 15) is 14.4 Å². The van der Waals surface area contributed by atoms with Gasteiger partial charge in [-0.1, -0.05) is 48.1 Å². The van der Waals surface area contributed by atoms with Gasteiger partial charge in [0.05, 0.1) is 5.54 Å². The summed E-state index contributed by atoms with van der Waals surface area (Å²) in [6.07, 6.45) is 6.50. The predicted molar refractivity (Wildman–Crippen MR) is 133 cm³/mol. The van der Waals surface area contributed by atoms with Gasteiger partial charge in [-0.05, 0) is 56.7 Å². The Morgan fingerprint density at radius 3 is 2.80 bits per heavy atom. The molecule has 2 heterocycles. The molecule has 3 atom stereocenters. The van der Waals surface area contributed by atoms with E-state index in [4.69, 9.17) is 4.74 Å². The SMILES string of the molecule is C/C=C1\C2C=C(C)CC1(NC(=O)C1CCCN1C(=O)OCc1ccccc1)c1ccc(=O)[nH]c1C2. The highest BCUT2D eigenvalue weighted by Gasteiger charge is 2.49.